The van der Waals surface area contributed by atoms with E-state index in [4.69, 9.17) is 0 Å². The predicted molar refractivity (Wildman–Crippen MR) is 102 cm³/mol. The molecule has 0 aliphatic carbocycles. The van der Waals surface area contributed by atoms with Crippen LogP contribution in [0, 0.1) is 0 Å². The van der Waals surface area contributed by atoms with Crippen LogP contribution in [0.15, 0.2) is 54.6 Å². The number of urea groups is 1. The highest BCUT2D eigenvalue weighted by Crippen LogP contribution is 2.15. The van der Waals surface area contributed by atoms with E-state index in [1.54, 1.807) is 0 Å². The molecule has 0 saturated carbocycles. The van der Waals surface area contributed by atoms with Crippen molar-refractivity contribution in [1.82, 2.24) is 10.6 Å². The zero-order valence-electron chi connectivity index (χ0n) is 14.9. The third-order valence-corrected chi connectivity index (χ3v) is 4.04. The minimum atomic E-state index is -0.559. The van der Waals surface area contributed by atoms with Crippen molar-refractivity contribution in [1.29, 1.82) is 0 Å². The maximum Gasteiger partial charge on any atom is 0.314 e. The summed E-state index contributed by atoms with van der Waals surface area (Å²) < 4.78 is 0. The molecule has 1 atom stereocenters. The van der Waals surface area contributed by atoms with Gasteiger partial charge in [-0.1, -0.05) is 42.5 Å². The van der Waals surface area contributed by atoms with Gasteiger partial charge in [0, 0.05) is 32.9 Å². The first kappa shape index (κ1) is 18.8. The number of hydrogen-bond donors (Lipinski definition) is 3. The summed E-state index contributed by atoms with van der Waals surface area (Å²) in [5.41, 5.74) is 3.21. The first-order chi connectivity index (χ1) is 12.1. The summed E-state index contributed by atoms with van der Waals surface area (Å²) in [4.78, 5) is 13.8. The van der Waals surface area contributed by atoms with Crippen LogP contribution in [0.3, 0.4) is 0 Å². The number of aliphatic hydroxyl groups is 1. The average molecular weight is 341 g/mol. The van der Waals surface area contributed by atoms with Crippen LogP contribution in [0.2, 0.25) is 0 Å². The Morgan fingerprint density at radius 1 is 1.00 bits per heavy atom. The van der Waals surface area contributed by atoms with E-state index in [9.17, 15) is 9.90 Å². The monoisotopic (exact) mass is 341 g/mol. The van der Waals surface area contributed by atoms with Gasteiger partial charge in [-0.3, -0.25) is 0 Å². The lowest BCUT2D eigenvalue weighted by molar-refractivity contribution is 0.167. The second kappa shape index (κ2) is 9.69. The lowest BCUT2D eigenvalue weighted by Crippen LogP contribution is -2.37. The third-order valence-electron chi connectivity index (χ3n) is 4.04. The zero-order valence-corrected chi connectivity index (χ0v) is 14.9. The first-order valence-electron chi connectivity index (χ1n) is 8.57. The molecule has 5 heteroatoms. The normalized spacial score (nSPS) is 11.6. The molecule has 0 fully saturated rings. The molecule has 134 valence electrons. The van der Waals surface area contributed by atoms with E-state index < -0.39 is 6.10 Å². The Morgan fingerprint density at radius 2 is 1.64 bits per heavy atom. The number of nitrogens with one attached hydrogen (secondary N) is 2. The fourth-order valence-electron chi connectivity index (χ4n) is 2.51. The number of carbonyl (C=O) groups excluding carboxylic acids is 1. The van der Waals surface area contributed by atoms with Crippen LogP contribution in [0.1, 0.15) is 23.7 Å². The molecular weight excluding hydrogens is 314 g/mol. The smallest absolute Gasteiger partial charge is 0.314 e. The molecule has 0 heterocycles. The number of amides is 2. The maximum absolute atomic E-state index is 11.8. The van der Waals surface area contributed by atoms with Crippen molar-refractivity contribution < 1.29 is 9.90 Å². The Morgan fingerprint density at radius 3 is 2.28 bits per heavy atom. The Kier molecular flexibility index (Phi) is 7.29. The number of nitrogens with zero attached hydrogens (tertiary/aromatic N) is 1. The molecule has 3 N–H and O–H groups in total. The quantitative estimate of drug-likeness (QED) is 0.692. The summed E-state index contributed by atoms with van der Waals surface area (Å²) in [6, 6.07) is 17.5. The molecular formula is C20H27N3O2. The van der Waals surface area contributed by atoms with E-state index in [0.717, 1.165) is 17.7 Å². The second-order valence-electron chi connectivity index (χ2n) is 6.21. The van der Waals surface area contributed by atoms with Crippen molar-refractivity contribution in [2.45, 2.75) is 18.9 Å². The Balaban J connectivity index is 1.62. The molecule has 0 radical (unpaired) electrons. The van der Waals surface area contributed by atoms with Gasteiger partial charge in [0.2, 0.25) is 0 Å². The molecule has 0 aliphatic heterocycles. The van der Waals surface area contributed by atoms with Crippen molar-refractivity contribution in [3.8, 4) is 0 Å². The molecule has 2 rings (SSSR count). The van der Waals surface area contributed by atoms with Crippen LogP contribution >= 0.6 is 0 Å². The topological polar surface area (TPSA) is 64.6 Å². The van der Waals surface area contributed by atoms with Crippen molar-refractivity contribution in [3.63, 3.8) is 0 Å². The van der Waals surface area contributed by atoms with E-state index in [2.05, 4.69) is 39.8 Å². The summed E-state index contributed by atoms with van der Waals surface area (Å²) in [5.74, 6) is 0. The molecule has 0 spiro atoms. The summed E-state index contributed by atoms with van der Waals surface area (Å²) in [5, 5.41) is 15.7. The highest BCUT2D eigenvalue weighted by atomic mass is 16.3. The number of carbonyl (C=O) groups is 1. The van der Waals surface area contributed by atoms with Crippen LogP contribution in [-0.2, 0) is 6.42 Å². The van der Waals surface area contributed by atoms with Crippen molar-refractivity contribution in [2.24, 2.45) is 0 Å². The van der Waals surface area contributed by atoms with E-state index in [1.807, 2.05) is 44.4 Å². The van der Waals surface area contributed by atoms with Gasteiger partial charge in [0.1, 0.15) is 0 Å². The van der Waals surface area contributed by atoms with Gasteiger partial charge < -0.3 is 20.6 Å². The molecule has 25 heavy (non-hydrogen) atoms. The maximum atomic E-state index is 11.8. The van der Waals surface area contributed by atoms with Gasteiger partial charge in [-0.25, -0.2) is 4.79 Å². The molecule has 0 saturated heterocycles. The van der Waals surface area contributed by atoms with E-state index >= 15 is 0 Å². The number of benzene rings is 2. The largest absolute Gasteiger partial charge is 0.388 e. The molecule has 0 aromatic heterocycles. The minimum Gasteiger partial charge on any atom is -0.388 e. The summed E-state index contributed by atoms with van der Waals surface area (Å²) in [6.07, 6.45) is 0.716. The van der Waals surface area contributed by atoms with Crippen LogP contribution in [0.5, 0.6) is 0 Å². The molecule has 2 amide bonds. The number of anilines is 1. The molecule has 5 nitrogen and oxygen atoms in total. The standard InChI is InChI=1S/C20H27N3O2/c1-23(2)18-10-8-16(9-11-18)12-14-21-20(25)22-15-13-19(24)17-6-4-3-5-7-17/h3-11,19,24H,12-15H2,1-2H3,(H2,21,22,25). The Bertz CT molecular complexity index is 642. The highest BCUT2D eigenvalue weighted by molar-refractivity contribution is 5.73. The molecule has 0 aliphatic rings. The SMILES string of the molecule is CN(C)c1ccc(CCNC(=O)NCCC(O)c2ccccc2)cc1. The van der Waals surface area contributed by atoms with Gasteiger partial charge in [0.15, 0.2) is 0 Å². The van der Waals surface area contributed by atoms with E-state index in [-0.39, 0.29) is 6.03 Å². The fraction of sp³-hybridized carbons (Fsp3) is 0.350. The number of aliphatic hydroxyl groups excluding tert-OH is 1. The van der Waals surface area contributed by atoms with Crippen LogP contribution in [-0.4, -0.2) is 38.3 Å². The minimum absolute atomic E-state index is 0.204. The van der Waals surface area contributed by atoms with Gasteiger partial charge in [-0.2, -0.15) is 0 Å². The molecule has 2 aromatic carbocycles. The van der Waals surface area contributed by atoms with Gasteiger partial charge in [-0.15, -0.1) is 0 Å². The fourth-order valence-corrected chi connectivity index (χ4v) is 2.51. The molecule has 1 unspecified atom stereocenters. The van der Waals surface area contributed by atoms with Gasteiger partial charge in [-0.05, 0) is 36.1 Å². The Labute approximate surface area is 149 Å². The van der Waals surface area contributed by atoms with Gasteiger partial charge in [0.05, 0.1) is 6.10 Å². The summed E-state index contributed by atoms with van der Waals surface area (Å²) in [7, 11) is 4.02. The lowest BCUT2D eigenvalue weighted by Gasteiger charge is -2.13. The zero-order chi connectivity index (χ0) is 18.1. The van der Waals surface area contributed by atoms with Gasteiger partial charge >= 0.3 is 6.03 Å². The predicted octanol–water partition coefficient (Wildman–Crippen LogP) is 2.72. The average Bonchev–Trinajstić information content (AvgIpc) is 2.63. The first-order valence-corrected chi connectivity index (χ1v) is 8.57. The van der Waals surface area contributed by atoms with Crippen molar-refractivity contribution in [3.05, 3.63) is 65.7 Å². The van der Waals surface area contributed by atoms with Crippen molar-refractivity contribution in [2.75, 3.05) is 32.1 Å². The van der Waals surface area contributed by atoms with Crippen LogP contribution in [0.25, 0.3) is 0 Å². The lowest BCUT2D eigenvalue weighted by atomic mass is 10.1. The summed E-state index contributed by atoms with van der Waals surface area (Å²) in [6.45, 7) is 1.01. The highest BCUT2D eigenvalue weighted by Gasteiger charge is 2.07. The van der Waals surface area contributed by atoms with E-state index in [1.165, 1.54) is 5.56 Å². The number of rotatable bonds is 8. The molecule has 0 bridgehead atoms. The second-order valence-corrected chi connectivity index (χ2v) is 6.21. The van der Waals surface area contributed by atoms with Gasteiger partial charge in [0.25, 0.3) is 0 Å². The van der Waals surface area contributed by atoms with E-state index in [0.29, 0.717) is 19.5 Å². The number of hydrogen-bond acceptors (Lipinski definition) is 3. The third kappa shape index (κ3) is 6.47. The van der Waals surface area contributed by atoms with Crippen LogP contribution < -0.4 is 15.5 Å². The van der Waals surface area contributed by atoms with Crippen LogP contribution in [0.4, 0.5) is 10.5 Å². The van der Waals surface area contributed by atoms with Crippen molar-refractivity contribution >= 4 is 11.7 Å². The summed E-state index contributed by atoms with van der Waals surface area (Å²) >= 11 is 0. The molecule has 2 aromatic rings. The Hall–Kier alpha value is -2.53.